The van der Waals surface area contributed by atoms with E-state index in [1.165, 1.54) is 7.11 Å². The van der Waals surface area contributed by atoms with Crippen molar-refractivity contribution >= 4 is 34.5 Å². The number of anilines is 2. The summed E-state index contributed by atoms with van der Waals surface area (Å²) in [5, 5.41) is 2.81. The number of nitrogens with one attached hydrogen (secondary N) is 2. The van der Waals surface area contributed by atoms with Crippen LogP contribution < -0.4 is 21.5 Å². The number of nitrogens with zero attached hydrogens (tertiary/aromatic N) is 1. The van der Waals surface area contributed by atoms with Crippen molar-refractivity contribution in [3.05, 3.63) is 86.3 Å². The summed E-state index contributed by atoms with van der Waals surface area (Å²) in [7, 11) is 2.92. The molecule has 4 N–H and O–H groups in total. The molecule has 8 nitrogen and oxygen atoms in total. The molecule has 0 fully saturated rings. The number of alkyl halides is 3. The highest BCUT2D eigenvalue weighted by Crippen LogP contribution is 2.37. The molecule has 2 heterocycles. The lowest BCUT2D eigenvalue weighted by Crippen LogP contribution is -2.63. The zero-order valence-electron chi connectivity index (χ0n) is 22.5. The Balaban J connectivity index is 1.94. The maximum atomic E-state index is 13.9. The molecule has 0 bridgehead atoms. The lowest BCUT2D eigenvalue weighted by molar-refractivity contribution is -0.413. The van der Waals surface area contributed by atoms with Crippen LogP contribution in [-0.2, 0) is 10.9 Å². The van der Waals surface area contributed by atoms with Gasteiger partial charge in [-0.1, -0.05) is 0 Å². The molecule has 0 aliphatic rings. The first kappa shape index (κ1) is 28.3. The molecule has 0 spiro atoms. The summed E-state index contributed by atoms with van der Waals surface area (Å²) in [6, 6.07) is 8.71. The third-order valence-electron chi connectivity index (χ3n) is 6.44. The van der Waals surface area contributed by atoms with Crippen LogP contribution in [0.3, 0.4) is 0 Å². The van der Waals surface area contributed by atoms with Gasteiger partial charge in [0, 0.05) is 28.6 Å². The van der Waals surface area contributed by atoms with Gasteiger partial charge in [0.15, 0.2) is 17.3 Å². The van der Waals surface area contributed by atoms with Crippen LogP contribution in [-0.4, -0.2) is 31.3 Å². The van der Waals surface area contributed by atoms with E-state index < -0.39 is 29.2 Å². The van der Waals surface area contributed by atoms with E-state index in [2.05, 4.69) is 15.3 Å². The molecule has 4 aromatic rings. The van der Waals surface area contributed by atoms with Gasteiger partial charge in [-0.05, 0) is 62.7 Å². The Kier molecular flexibility index (Phi) is 7.68. The molecule has 4 rings (SSSR count). The van der Waals surface area contributed by atoms with Gasteiger partial charge < -0.3 is 20.2 Å². The van der Waals surface area contributed by atoms with Gasteiger partial charge in [-0.2, -0.15) is 13.2 Å². The maximum Gasteiger partial charge on any atom is 0.416 e. The maximum absolute atomic E-state index is 13.9. The number of esters is 1. The van der Waals surface area contributed by atoms with Gasteiger partial charge in [0.05, 0.1) is 35.4 Å². The van der Waals surface area contributed by atoms with E-state index in [0.29, 0.717) is 22.5 Å². The molecule has 1 unspecified atom stereocenters. The summed E-state index contributed by atoms with van der Waals surface area (Å²) in [5.41, 5.74) is 7.76. The Labute approximate surface area is 227 Å². The van der Waals surface area contributed by atoms with Gasteiger partial charge in [-0.15, -0.1) is 0 Å². The molecule has 2 aromatic heterocycles. The molecule has 0 saturated carbocycles. The molecule has 0 amide bonds. The van der Waals surface area contributed by atoms with Crippen LogP contribution in [0.1, 0.15) is 51.4 Å². The van der Waals surface area contributed by atoms with Gasteiger partial charge in [0.25, 0.3) is 0 Å². The average Bonchev–Trinajstić information content (AvgIpc) is 2.90. The van der Waals surface area contributed by atoms with Crippen LogP contribution in [0.2, 0.25) is 0 Å². The van der Waals surface area contributed by atoms with Crippen molar-refractivity contribution in [3.63, 3.8) is 0 Å². The van der Waals surface area contributed by atoms with Crippen LogP contribution in [0.15, 0.2) is 51.7 Å². The fourth-order valence-corrected chi connectivity index (χ4v) is 4.39. The van der Waals surface area contributed by atoms with Crippen LogP contribution in [0.25, 0.3) is 22.3 Å². The van der Waals surface area contributed by atoms with E-state index >= 15 is 0 Å². The normalized spacial score (nSPS) is 12.6. The number of aromatic nitrogens is 1. The molecule has 2 aromatic carbocycles. The summed E-state index contributed by atoms with van der Waals surface area (Å²) >= 11 is 0. The largest absolute Gasteiger partial charge is 0.464 e. The second kappa shape index (κ2) is 10.8. The van der Waals surface area contributed by atoms with Crippen molar-refractivity contribution in [3.8, 4) is 11.3 Å². The Morgan fingerprint density at radius 2 is 1.90 bits per heavy atom. The number of aryl methyl sites for hydroxylation is 2. The Bertz CT molecular complexity index is 1710. The predicted octanol–water partition coefficient (Wildman–Crippen LogP) is 4.16. The zero-order valence-corrected chi connectivity index (χ0v) is 22.5. The zero-order chi connectivity index (χ0) is 29.4. The van der Waals surface area contributed by atoms with Gasteiger partial charge in [0.1, 0.15) is 18.4 Å². The van der Waals surface area contributed by atoms with Crippen molar-refractivity contribution in [2.24, 2.45) is 0 Å². The Morgan fingerprint density at radius 1 is 1.18 bits per heavy atom. The number of ether oxygens (including phenoxy) is 1. The summed E-state index contributed by atoms with van der Waals surface area (Å²) in [6.07, 6.45) is -3.03. The van der Waals surface area contributed by atoms with Gasteiger partial charge in [-0.25, -0.2) is 9.78 Å². The molecule has 0 saturated heterocycles. The number of hydrogen-bond donors (Lipinski definition) is 3. The minimum atomic E-state index is -4.72. The fraction of sp³-hybridized carbons (Fsp3) is 0.241. The predicted molar refractivity (Wildman–Crippen MR) is 146 cm³/mol. The van der Waals surface area contributed by atoms with Crippen molar-refractivity contribution in [1.29, 1.82) is 0 Å². The van der Waals surface area contributed by atoms with Gasteiger partial charge in [0.2, 0.25) is 0 Å². The number of halogens is 3. The first-order chi connectivity index (χ1) is 18.8. The molecule has 11 heteroatoms. The third-order valence-corrected chi connectivity index (χ3v) is 6.44. The quantitative estimate of drug-likeness (QED) is 0.186. The summed E-state index contributed by atoms with van der Waals surface area (Å²) in [6.45, 7) is 5.08. The number of benzene rings is 2. The standard InChI is InChI=1S/C29H27F3N4O4/c1-14-8-17(9-18(13-34-4)25(14)33)24-12-23(37)21-11-19(29(30,31)32)10-20(27(21)40-24)16(3)36-22-7-6-15(2)35-26(22)28(38)39-5/h6-13,16,36H,33H2,1-5H3/p+1. The molecule has 40 heavy (non-hydrogen) atoms. The highest BCUT2D eigenvalue weighted by Gasteiger charge is 2.33. The van der Waals surface area contributed by atoms with E-state index in [4.69, 9.17) is 14.9 Å². The van der Waals surface area contributed by atoms with Crippen molar-refractivity contribution in [2.45, 2.75) is 33.0 Å². The van der Waals surface area contributed by atoms with E-state index in [1.54, 1.807) is 58.3 Å². The van der Waals surface area contributed by atoms with E-state index in [0.717, 1.165) is 23.8 Å². The number of rotatable bonds is 6. The summed E-state index contributed by atoms with van der Waals surface area (Å²) in [4.78, 5) is 32.6. The van der Waals surface area contributed by atoms with Crippen molar-refractivity contribution in [2.75, 3.05) is 25.2 Å². The van der Waals surface area contributed by atoms with E-state index in [-0.39, 0.29) is 33.7 Å². The third kappa shape index (κ3) is 5.54. The molecule has 0 aliphatic heterocycles. The van der Waals surface area contributed by atoms with Gasteiger partial charge >= 0.3 is 12.1 Å². The van der Waals surface area contributed by atoms with Gasteiger partial charge in [-0.3, -0.25) is 9.79 Å². The number of pyridine rings is 1. The highest BCUT2D eigenvalue weighted by molar-refractivity contribution is 5.94. The molecule has 0 radical (unpaired) electrons. The Hall–Kier alpha value is -4.67. The lowest BCUT2D eigenvalue weighted by atomic mass is 9.98. The summed E-state index contributed by atoms with van der Waals surface area (Å²) in [5.74, 6) is -0.555. The molecule has 1 atom stereocenters. The minimum Gasteiger partial charge on any atom is -0.464 e. The highest BCUT2D eigenvalue weighted by atomic mass is 19.4. The minimum absolute atomic E-state index is 0.0242. The number of fused-ring (bicyclic) bond motifs is 1. The molecule has 0 aliphatic carbocycles. The van der Waals surface area contributed by atoms with E-state index in [1.807, 2.05) is 0 Å². The lowest BCUT2D eigenvalue weighted by Gasteiger charge is -2.20. The molecular weight excluding hydrogens is 525 g/mol. The smallest absolute Gasteiger partial charge is 0.416 e. The number of carbonyl (C=O) groups excluding carboxylic acids is 1. The number of nitrogen functional groups attached to an aromatic ring is 1. The van der Waals surface area contributed by atoms with Crippen LogP contribution in [0.5, 0.6) is 0 Å². The molecule has 208 valence electrons. The molecular formula is C29H28F3N4O4+. The van der Waals surface area contributed by atoms with Crippen LogP contribution >= 0.6 is 0 Å². The topological polar surface area (TPSA) is 121 Å². The Morgan fingerprint density at radius 3 is 2.55 bits per heavy atom. The first-order valence-electron chi connectivity index (χ1n) is 12.3. The number of hydrogen-bond acceptors (Lipinski definition) is 7. The van der Waals surface area contributed by atoms with Crippen LogP contribution in [0, 0.1) is 13.8 Å². The van der Waals surface area contributed by atoms with Crippen molar-refractivity contribution in [1.82, 2.24) is 4.98 Å². The average molecular weight is 554 g/mol. The number of nitrogens with two attached hydrogens (primary N) is 1. The SMILES string of the molecule is C[NH+]=Cc1cc(-c2cc(=O)c3cc(C(F)(F)F)cc(C(C)Nc4ccc(C)nc4C(=O)OC)c3o2)cc(C)c1N. The monoisotopic (exact) mass is 553 g/mol. The van der Waals surface area contributed by atoms with Crippen LogP contribution in [0.4, 0.5) is 24.5 Å². The number of carbonyl (C=O) groups is 1. The van der Waals surface area contributed by atoms with Crippen molar-refractivity contribution < 1.29 is 32.1 Å². The number of methoxy groups -OCH3 is 1. The first-order valence-corrected chi connectivity index (χ1v) is 12.3. The van der Waals surface area contributed by atoms with E-state index in [9.17, 15) is 22.8 Å². The second-order valence-corrected chi connectivity index (χ2v) is 9.35. The summed E-state index contributed by atoms with van der Waals surface area (Å²) < 4.78 is 52.6. The second-order valence-electron chi connectivity index (χ2n) is 9.35. The fourth-order valence-electron chi connectivity index (χ4n) is 4.39.